The molecule has 4 N–H and O–H groups in total. The molecule has 2 heterocycles. The molecule has 1 fully saturated rings. The van der Waals surface area contributed by atoms with Gasteiger partial charge in [0.2, 0.25) is 0 Å². The summed E-state index contributed by atoms with van der Waals surface area (Å²) in [6.07, 6.45) is 3.00. The summed E-state index contributed by atoms with van der Waals surface area (Å²) in [5, 5.41) is 6.31. The van der Waals surface area contributed by atoms with E-state index >= 15 is 0 Å². The quantitative estimate of drug-likeness (QED) is 0.367. The number of aryl methyl sites for hydroxylation is 1. The molecular weight excluding hydrogens is 481 g/mol. The van der Waals surface area contributed by atoms with Crippen LogP contribution in [0.15, 0.2) is 53.8 Å². The maximum Gasteiger partial charge on any atom is 0.259 e. The van der Waals surface area contributed by atoms with Crippen LogP contribution >= 0.6 is 0 Å². The van der Waals surface area contributed by atoms with Crippen LogP contribution in [0.2, 0.25) is 0 Å². The average molecular weight is 516 g/mol. The van der Waals surface area contributed by atoms with E-state index < -0.39 is 10.0 Å². The largest absolute Gasteiger partial charge is 0.387 e. The van der Waals surface area contributed by atoms with Crippen molar-refractivity contribution in [2.24, 2.45) is 17.5 Å². The van der Waals surface area contributed by atoms with Gasteiger partial charge in [-0.2, -0.15) is 9.40 Å². The fourth-order valence-electron chi connectivity index (χ4n) is 4.76. The highest BCUT2D eigenvalue weighted by atomic mass is 32.2. The van der Waals surface area contributed by atoms with Crippen molar-refractivity contribution < 1.29 is 12.8 Å². The van der Waals surface area contributed by atoms with Crippen LogP contribution in [0.25, 0.3) is 16.6 Å². The Kier molecular flexibility index (Phi) is 7.37. The highest BCUT2D eigenvalue weighted by Gasteiger charge is 2.36. The van der Waals surface area contributed by atoms with E-state index in [0.717, 1.165) is 39.3 Å². The maximum absolute atomic E-state index is 13.4. The summed E-state index contributed by atoms with van der Waals surface area (Å²) in [5.74, 6) is 5.71. The molecule has 11 heteroatoms. The van der Waals surface area contributed by atoms with Crippen molar-refractivity contribution in [1.29, 1.82) is 0 Å². The third kappa shape index (κ3) is 5.24. The van der Waals surface area contributed by atoms with Gasteiger partial charge in [0, 0.05) is 44.7 Å². The molecule has 0 bridgehead atoms. The molecular formula is C25H34FN7O2S. The zero-order chi connectivity index (χ0) is 26.2. The lowest BCUT2D eigenvalue weighted by molar-refractivity contribution is 0.105. The first-order valence-corrected chi connectivity index (χ1v) is 13.3. The second-order valence-electron chi connectivity index (χ2n) is 9.76. The molecule has 36 heavy (non-hydrogen) atoms. The van der Waals surface area contributed by atoms with Gasteiger partial charge in [0.05, 0.1) is 23.6 Å². The minimum atomic E-state index is -3.86. The van der Waals surface area contributed by atoms with Crippen LogP contribution in [0.3, 0.4) is 0 Å². The van der Waals surface area contributed by atoms with Crippen LogP contribution in [0.5, 0.6) is 0 Å². The highest BCUT2D eigenvalue weighted by molar-refractivity contribution is 7.92. The van der Waals surface area contributed by atoms with Gasteiger partial charge in [0.15, 0.2) is 5.03 Å². The second-order valence-corrected chi connectivity index (χ2v) is 11.7. The molecule has 2 aromatic carbocycles. The zero-order valence-corrected chi connectivity index (χ0v) is 21.9. The number of hydrazine groups is 1. The molecule has 1 aliphatic heterocycles. The van der Waals surface area contributed by atoms with Crippen molar-refractivity contribution in [3.63, 3.8) is 0 Å². The first-order chi connectivity index (χ1) is 17.0. The summed E-state index contributed by atoms with van der Waals surface area (Å²) in [6.45, 7) is 8.37. The van der Waals surface area contributed by atoms with E-state index in [2.05, 4.69) is 36.0 Å². The predicted octanol–water partition coefficient (Wildman–Crippen LogP) is 2.68. The van der Waals surface area contributed by atoms with Crippen LogP contribution in [-0.4, -0.2) is 65.6 Å². The lowest BCUT2D eigenvalue weighted by atomic mass is 9.96. The molecule has 0 spiro atoms. The molecule has 4 rings (SSSR count). The third-order valence-electron chi connectivity index (χ3n) is 6.41. The Bertz CT molecular complexity index is 1370. The van der Waals surface area contributed by atoms with Crippen LogP contribution in [0.4, 0.5) is 4.39 Å². The smallest absolute Gasteiger partial charge is 0.259 e. The molecule has 1 atom stereocenters. The van der Waals surface area contributed by atoms with Gasteiger partial charge in [-0.25, -0.2) is 23.3 Å². The van der Waals surface area contributed by atoms with Gasteiger partial charge in [-0.3, -0.25) is 4.90 Å². The Labute approximate surface area is 211 Å². The molecule has 0 aliphatic carbocycles. The fraction of sp³-hybridized carbons (Fsp3) is 0.400. The molecule has 0 saturated carbocycles. The van der Waals surface area contributed by atoms with Crippen LogP contribution in [0.1, 0.15) is 31.0 Å². The van der Waals surface area contributed by atoms with Gasteiger partial charge >= 0.3 is 0 Å². The summed E-state index contributed by atoms with van der Waals surface area (Å²) >= 11 is 0. The Morgan fingerprint density at radius 1 is 1.25 bits per heavy atom. The minimum Gasteiger partial charge on any atom is -0.387 e. The predicted molar refractivity (Wildman–Crippen MR) is 140 cm³/mol. The van der Waals surface area contributed by atoms with E-state index in [1.54, 1.807) is 23.0 Å². The fourth-order valence-corrected chi connectivity index (χ4v) is 6.01. The third-order valence-corrected chi connectivity index (χ3v) is 8.12. The summed E-state index contributed by atoms with van der Waals surface area (Å²) in [4.78, 5) is 2.34. The number of piperazine rings is 1. The number of sulfonamides is 1. The topological polar surface area (TPSA) is 114 Å². The molecule has 0 amide bonds. The minimum absolute atomic E-state index is 0.155. The Balaban J connectivity index is 1.73. The summed E-state index contributed by atoms with van der Waals surface area (Å²) in [5.41, 5.74) is 9.65. The molecule has 1 aromatic heterocycles. The van der Waals surface area contributed by atoms with Crippen molar-refractivity contribution in [2.75, 3.05) is 33.2 Å². The van der Waals surface area contributed by atoms with Crippen LogP contribution in [-0.2, 0) is 10.0 Å². The van der Waals surface area contributed by atoms with Gasteiger partial charge in [0.1, 0.15) is 5.82 Å². The number of fused-ring (bicyclic) bond motifs is 1. The number of halogens is 1. The van der Waals surface area contributed by atoms with Gasteiger partial charge in [-0.05, 0) is 60.4 Å². The molecule has 9 nitrogen and oxygen atoms in total. The van der Waals surface area contributed by atoms with E-state index in [1.165, 1.54) is 29.7 Å². The van der Waals surface area contributed by atoms with E-state index in [0.29, 0.717) is 19.0 Å². The molecule has 0 unspecified atom stereocenters. The van der Waals surface area contributed by atoms with Crippen molar-refractivity contribution >= 4 is 20.9 Å². The van der Waals surface area contributed by atoms with Crippen LogP contribution in [0, 0.1) is 18.7 Å². The van der Waals surface area contributed by atoms with Crippen molar-refractivity contribution in [2.45, 2.75) is 26.8 Å². The van der Waals surface area contributed by atoms with Crippen molar-refractivity contribution in [3.8, 4) is 5.69 Å². The first kappa shape index (κ1) is 26.1. The SMILES string of the molecule is Cc1cc2c(cnn2-c2ccc(F)cc2)cc1[C@H]1CN(S(=O)(=O)/C(N)=C/N(C)N)CCN1CC(C)C. The number of nitrogens with two attached hydrogens (primary N) is 2. The molecule has 1 saturated heterocycles. The number of hydrogen-bond donors (Lipinski definition) is 2. The second kappa shape index (κ2) is 10.2. The number of benzene rings is 2. The number of aromatic nitrogens is 2. The molecule has 1 aliphatic rings. The zero-order valence-electron chi connectivity index (χ0n) is 21.1. The van der Waals surface area contributed by atoms with Crippen LogP contribution < -0.4 is 11.6 Å². The van der Waals surface area contributed by atoms with Crippen molar-refractivity contribution in [1.82, 2.24) is 24.0 Å². The van der Waals surface area contributed by atoms with E-state index in [9.17, 15) is 12.8 Å². The standard InChI is InChI=1S/C25H34FN7O2S/c1-17(2)14-31-9-10-32(36(34,35)25(27)16-30(4)28)15-24(31)22-12-19-13-29-33(23(19)11-18(22)3)21-7-5-20(26)6-8-21/h5-8,11-13,16-17,24H,9-10,14-15,27-28H2,1-4H3/b25-16+/t24-/m1/s1. The highest BCUT2D eigenvalue weighted by Crippen LogP contribution is 2.33. The number of rotatable bonds is 7. The van der Waals surface area contributed by atoms with Gasteiger partial charge in [0.25, 0.3) is 10.0 Å². The van der Waals surface area contributed by atoms with E-state index in [4.69, 9.17) is 11.6 Å². The average Bonchev–Trinajstić information content (AvgIpc) is 3.21. The Hall–Kier alpha value is -2.99. The Morgan fingerprint density at radius 3 is 2.58 bits per heavy atom. The van der Waals surface area contributed by atoms with Crippen molar-refractivity contribution in [3.05, 3.63) is 70.8 Å². The number of nitrogens with zero attached hydrogens (tertiary/aromatic N) is 5. The molecule has 0 radical (unpaired) electrons. The van der Waals surface area contributed by atoms with Gasteiger partial charge in [-0.1, -0.05) is 13.8 Å². The lowest BCUT2D eigenvalue weighted by Gasteiger charge is -2.42. The van der Waals surface area contributed by atoms with E-state index in [1.807, 2.05) is 6.92 Å². The molecule has 194 valence electrons. The van der Waals surface area contributed by atoms with Gasteiger partial charge < -0.3 is 10.7 Å². The number of hydrogen-bond acceptors (Lipinski definition) is 7. The molecule has 3 aromatic rings. The first-order valence-electron chi connectivity index (χ1n) is 11.9. The maximum atomic E-state index is 13.4. The summed E-state index contributed by atoms with van der Waals surface area (Å²) in [7, 11) is -2.34. The van der Waals surface area contributed by atoms with E-state index in [-0.39, 0.29) is 23.4 Å². The normalized spacial score (nSPS) is 18.3. The summed E-state index contributed by atoms with van der Waals surface area (Å²) in [6, 6.07) is 10.2. The Morgan fingerprint density at radius 2 is 1.94 bits per heavy atom. The monoisotopic (exact) mass is 515 g/mol. The summed E-state index contributed by atoms with van der Waals surface area (Å²) < 4.78 is 43.0. The van der Waals surface area contributed by atoms with Gasteiger partial charge in [-0.15, -0.1) is 0 Å². The lowest BCUT2D eigenvalue weighted by Crippen LogP contribution is -2.52.